The van der Waals surface area contributed by atoms with Gasteiger partial charge in [-0.2, -0.15) is 0 Å². The van der Waals surface area contributed by atoms with Crippen molar-refractivity contribution in [2.75, 3.05) is 32.8 Å². The minimum atomic E-state index is -3.45. The van der Waals surface area contributed by atoms with Gasteiger partial charge in [-0.05, 0) is 31.0 Å². The molecule has 2 heterocycles. The highest BCUT2D eigenvalue weighted by Crippen LogP contribution is 2.20. The summed E-state index contributed by atoms with van der Waals surface area (Å²) in [5.74, 6) is 0. The van der Waals surface area contributed by atoms with Crippen LogP contribution in [0.3, 0.4) is 0 Å². The maximum Gasteiger partial charge on any atom is 0.250 e. The molecule has 1 aliphatic heterocycles. The summed E-state index contributed by atoms with van der Waals surface area (Å²) in [6.07, 6.45) is 0.812. The van der Waals surface area contributed by atoms with E-state index in [-0.39, 0.29) is 6.04 Å². The number of hydrogen-bond acceptors (Lipinski definition) is 5. The van der Waals surface area contributed by atoms with Crippen LogP contribution in [0, 0.1) is 6.92 Å². The molecule has 1 aromatic carbocycles. The SMILES string of the molecule is Cc1ccc(S(=O)(=O)NCC(Cc2ccccc2)N2CCOCC2)s1. The minimum Gasteiger partial charge on any atom is -0.379 e. The molecule has 3 rings (SSSR count). The van der Waals surface area contributed by atoms with Gasteiger partial charge in [-0.1, -0.05) is 30.3 Å². The third-order valence-corrected chi connectivity index (χ3v) is 7.28. The molecule has 2 aromatic rings. The number of benzene rings is 1. The second-order valence-corrected chi connectivity index (χ2v) is 9.49. The van der Waals surface area contributed by atoms with E-state index in [0.29, 0.717) is 24.0 Å². The second-order valence-electron chi connectivity index (χ2n) is 6.21. The summed E-state index contributed by atoms with van der Waals surface area (Å²) in [5, 5.41) is 0. The van der Waals surface area contributed by atoms with Crippen molar-refractivity contribution in [2.45, 2.75) is 23.6 Å². The van der Waals surface area contributed by atoms with Gasteiger partial charge < -0.3 is 4.74 Å². The zero-order valence-corrected chi connectivity index (χ0v) is 16.0. The van der Waals surface area contributed by atoms with Crippen molar-refractivity contribution in [1.29, 1.82) is 0 Å². The summed E-state index contributed by atoms with van der Waals surface area (Å²) >= 11 is 1.30. The van der Waals surface area contributed by atoms with Crippen LogP contribution in [0.4, 0.5) is 0 Å². The molecule has 1 aliphatic rings. The van der Waals surface area contributed by atoms with E-state index in [9.17, 15) is 8.42 Å². The first-order valence-corrected chi connectivity index (χ1v) is 10.8. The first-order chi connectivity index (χ1) is 12.0. The summed E-state index contributed by atoms with van der Waals surface area (Å²) in [7, 11) is -3.45. The Hall–Kier alpha value is -1.25. The number of nitrogens with zero attached hydrogens (tertiary/aromatic N) is 1. The van der Waals surface area contributed by atoms with Gasteiger partial charge in [0, 0.05) is 30.6 Å². The Balaban J connectivity index is 1.70. The van der Waals surface area contributed by atoms with Crippen molar-refractivity contribution in [3.05, 3.63) is 52.9 Å². The molecule has 1 saturated heterocycles. The van der Waals surface area contributed by atoms with Gasteiger partial charge in [0.15, 0.2) is 0 Å². The smallest absolute Gasteiger partial charge is 0.250 e. The van der Waals surface area contributed by atoms with Crippen LogP contribution < -0.4 is 4.72 Å². The number of thiophene rings is 1. The van der Waals surface area contributed by atoms with E-state index in [4.69, 9.17) is 4.74 Å². The molecule has 1 aromatic heterocycles. The maximum absolute atomic E-state index is 12.5. The lowest BCUT2D eigenvalue weighted by molar-refractivity contribution is 0.0177. The average Bonchev–Trinajstić information content (AvgIpc) is 3.08. The molecular weight excluding hydrogens is 356 g/mol. The lowest BCUT2D eigenvalue weighted by Gasteiger charge is -2.34. The lowest BCUT2D eigenvalue weighted by atomic mass is 10.0. The number of nitrogens with one attached hydrogen (secondary N) is 1. The largest absolute Gasteiger partial charge is 0.379 e. The van der Waals surface area contributed by atoms with Gasteiger partial charge in [0.05, 0.1) is 13.2 Å². The number of sulfonamides is 1. The van der Waals surface area contributed by atoms with E-state index in [1.165, 1.54) is 16.9 Å². The Kier molecular flexibility index (Phi) is 6.24. The van der Waals surface area contributed by atoms with Crippen LogP contribution in [0.25, 0.3) is 0 Å². The normalized spacial score (nSPS) is 17.5. The van der Waals surface area contributed by atoms with E-state index in [1.54, 1.807) is 6.07 Å². The second kappa shape index (κ2) is 8.42. The predicted molar refractivity (Wildman–Crippen MR) is 101 cm³/mol. The first-order valence-electron chi connectivity index (χ1n) is 8.46. The molecule has 1 N–H and O–H groups in total. The van der Waals surface area contributed by atoms with Crippen LogP contribution in [0.5, 0.6) is 0 Å². The summed E-state index contributed by atoms with van der Waals surface area (Å²) < 4.78 is 33.7. The van der Waals surface area contributed by atoms with E-state index in [2.05, 4.69) is 21.8 Å². The van der Waals surface area contributed by atoms with Crippen molar-refractivity contribution in [3.8, 4) is 0 Å². The summed E-state index contributed by atoms with van der Waals surface area (Å²) in [4.78, 5) is 3.31. The monoisotopic (exact) mass is 380 g/mol. The van der Waals surface area contributed by atoms with Crippen molar-refractivity contribution in [1.82, 2.24) is 9.62 Å². The van der Waals surface area contributed by atoms with Gasteiger partial charge >= 0.3 is 0 Å². The van der Waals surface area contributed by atoms with Crippen LogP contribution >= 0.6 is 11.3 Å². The Morgan fingerprint density at radius 1 is 1.16 bits per heavy atom. The summed E-state index contributed by atoms with van der Waals surface area (Å²) in [5.41, 5.74) is 1.21. The van der Waals surface area contributed by atoms with Crippen LogP contribution in [-0.4, -0.2) is 52.2 Å². The Bertz CT molecular complexity index is 769. The molecule has 1 fully saturated rings. The fourth-order valence-electron chi connectivity index (χ4n) is 2.99. The molecule has 1 atom stereocenters. The molecule has 0 bridgehead atoms. The first kappa shape index (κ1) is 18.5. The van der Waals surface area contributed by atoms with E-state index in [0.717, 1.165) is 24.4 Å². The Labute approximate surface area is 153 Å². The fraction of sp³-hybridized carbons (Fsp3) is 0.444. The standard InChI is InChI=1S/C18H24N2O3S2/c1-15-7-8-18(24-15)25(21,22)19-14-17(20-9-11-23-12-10-20)13-16-5-3-2-4-6-16/h2-8,17,19H,9-14H2,1H3. The van der Waals surface area contributed by atoms with Gasteiger partial charge in [0.25, 0.3) is 0 Å². The third kappa shape index (κ3) is 5.12. The molecule has 5 nitrogen and oxygen atoms in total. The number of hydrogen-bond donors (Lipinski definition) is 1. The van der Waals surface area contributed by atoms with Crippen LogP contribution in [0.2, 0.25) is 0 Å². The molecule has 0 amide bonds. The van der Waals surface area contributed by atoms with E-state index in [1.807, 2.05) is 31.2 Å². The average molecular weight is 381 g/mol. The molecule has 1 unspecified atom stereocenters. The topological polar surface area (TPSA) is 58.6 Å². The Morgan fingerprint density at radius 3 is 2.52 bits per heavy atom. The quantitative estimate of drug-likeness (QED) is 0.801. The van der Waals surface area contributed by atoms with Gasteiger partial charge in [0.1, 0.15) is 4.21 Å². The molecule has 0 saturated carbocycles. The lowest BCUT2D eigenvalue weighted by Crippen LogP contribution is -2.49. The number of morpholine rings is 1. The van der Waals surface area contributed by atoms with E-state index >= 15 is 0 Å². The van der Waals surface area contributed by atoms with Crippen molar-refractivity contribution in [3.63, 3.8) is 0 Å². The van der Waals surface area contributed by atoms with Gasteiger partial charge in [-0.15, -0.1) is 11.3 Å². The van der Waals surface area contributed by atoms with Crippen molar-refractivity contribution >= 4 is 21.4 Å². The number of aryl methyl sites for hydroxylation is 1. The molecular formula is C18H24N2O3S2. The molecule has 0 spiro atoms. The number of ether oxygens (including phenoxy) is 1. The molecule has 7 heteroatoms. The summed E-state index contributed by atoms with van der Waals surface area (Å²) in [6.45, 7) is 5.36. The van der Waals surface area contributed by atoms with Crippen LogP contribution in [-0.2, 0) is 21.2 Å². The molecule has 136 valence electrons. The maximum atomic E-state index is 12.5. The molecule has 0 radical (unpaired) electrons. The molecule has 0 aliphatic carbocycles. The van der Waals surface area contributed by atoms with Gasteiger partial charge in [0.2, 0.25) is 10.0 Å². The Morgan fingerprint density at radius 2 is 1.88 bits per heavy atom. The minimum absolute atomic E-state index is 0.113. The summed E-state index contributed by atoms with van der Waals surface area (Å²) in [6, 6.07) is 13.8. The van der Waals surface area contributed by atoms with Crippen LogP contribution in [0.15, 0.2) is 46.7 Å². The van der Waals surface area contributed by atoms with Crippen molar-refractivity contribution in [2.24, 2.45) is 0 Å². The molecule has 25 heavy (non-hydrogen) atoms. The highest BCUT2D eigenvalue weighted by Gasteiger charge is 2.24. The predicted octanol–water partition coefficient (Wildman–Crippen LogP) is 2.28. The zero-order valence-electron chi connectivity index (χ0n) is 14.3. The number of rotatable bonds is 7. The van der Waals surface area contributed by atoms with Crippen molar-refractivity contribution < 1.29 is 13.2 Å². The zero-order chi connectivity index (χ0) is 17.7. The highest BCUT2D eigenvalue weighted by atomic mass is 32.2. The fourth-order valence-corrected chi connectivity index (χ4v) is 5.39. The third-order valence-electron chi connectivity index (χ3n) is 4.37. The van der Waals surface area contributed by atoms with Gasteiger partial charge in [-0.25, -0.2) is 13.1 Å². The van der Waals surface area contributed by atoms with E-state index < -0.39 is 10.0 Å². The highest BCUT2D eigenvalue weighted by molar-refractivity contribution is 7.91. The van der Waals surface area contributed by atoms with Gasteiger partial charge in [-0.3, -0.25) is 4.90 Å². The van der Waals surface area contributed by atoms with Crippen LogP contribution in [0.1, 0.15) is 10.4 Å².